The largest absolute Gasteiger partial charge is 0.270 e. The second-order valence-electron chi connectivity index (χ2n) is 3.57. The Morgan fingerprint density at radius 3 is 2.47 bits per heavy atom. The first kappa shape index (κ1) is 10.2. The molecule has 0 radical (unpaired) electrons. The number of hydrogen-bond donors (Lipinski definition) is 0. The second-order valence-corrected chi connectivity index (χ2v) is 3.91. The number of benzene rings is 1. The Balaban J connectivity index is 2.69. The maximum absolute atomic E-state index is 5.99. The average Bonchev–Trinajstić information content (AvgIpc) is 2.52. The van der Waals surface area contributed by atoms with Crippen molar-refractivity contribution in [2.24, 2.45) is 0 Å². The Kier molecular flexibility index (Phi) is 2.49. The first-order valence-electron chi connectivity index (χ1n) is 4.75. The Hall–Kier alpha value is -1.35. The Morgan fingerprint density at radius 1 is 1.13 bits per heavy atom. The molecule has 3 nitrogen and oxygen atoms in total. The standard InChI is InChI=1S/C11H12ClN3/c1-7-5-4-6-10(8(7)2)15-9(3)13-14-11(15)12/h4-6H,1-3H3. The van der Waals surface area contributed by atoms with E-state index in [2.05, 4.69) is 30.1 Å². The molecule has 4 heteroatoms. The summed E-state index contributed by atoms with van der Waals surface area (Å²) in [6.07, 6.45) is 0. The molecule has 15 heavy (non-hydrogen) atoms. The molecule has 0 saturated heterocycles. The van der Waals surface area contributed by atoms with Crippen LogP contribution in [0.5, 0.6) is 0 Å². The Labute approximate surface area is 93.7 Å². The molecule has 0 spiro atoms. The molecule has 0 fully saturated rings. The lowest BCUT2D eigenvalue weighted by Gasteiger charge is -2.10. The fraction of sp³-hybridized carbons (Fsp3) is 0.273. The number of nitrogens with zero attached hydrogens (tertiary/aromatic N) is 3. The summed E-state index contributed by atoms with van der Waals surface area (Å²) in [5.74, 6) is 0.800. The van der Waals surface area contributed by atoms with Crippen molar-refractivity contribution in [1.29, 1.82) is 0 Å². The molecular formula is C11H12ClN3. The molecule has 0 aliphatic rings. The molecule has 0 N–H and O–H groups in total. The van der Waals surface area contributed by atoms with Gasteiger partial charge in [0, 0.05) is 0 Å². The van der Waals surface area contributed by atoms with Gasteiger partial charge in [0.05, 0.1) is 5.69 Å². The van der Waals surface area contributed by atoms with E-state index in [1.165, 1.54) is 11.1 Å². The van der Waals surface area contributed by atoms with Crippen molar-refractivity contribution in [3.05, 3.63) is 40.4 Å². The van der Waals surface area contributed by atoms with Crippen molar-refractivity contribution >= 4 is 11.6 Å². The number of halogens is 1. The molecule has 2 rings (SSSR count). The fourth-order valence-electron chi connectivity index (χ4n) is 1.59. The molecule has 0 unspecified atom stereocenters. The lowest BCUT2D eigenvalue weighted by atomic mass is 10.1. The molecule has 0 aliphatic heterocycles. The van der Waals surface area contributed by atoms with Crippen LogP contribution in [0.4, 0.5) is 0 Å². The van der Waals surface area contributed by atoms with Crippen LogP contribution < -0.4 is 0 Å². The van der Waals surface area contributed by atoms with Gasteiger partial charge in [0.15, 0.2) is 0 Å². The molecule has 0 bridgehead atoms. The number of rotatable bonds is 1. The van der Waals surface area contributed by atoms with Crippen LogP contribution in [0.15, 0.2) is 18.2 Å². The van der Waals surface area contributed by atoms with Crippen LogP contribution in [-0.4, -0.2) is 14.8 Å². The Bertz CT molecular complexity index is 483. The normalized spacial score (nSPS) is 10.7. The minimum Gasteiger partial charge on any atom is -0.270 e. The monoisotopic (exact) mass is 221 g/mol. The van der Waals surface area contributed by atoms with Gasteiger partial charge in [0.25, 0.3) is 0 Å². The summed E-state index contributed by atoms with van der Waals surface area (Å²) in [6, 6.07) is 6.10. The van der Waals surface area contributed by atoms with Crippen LogP contribution in [0.25, 0.3) is 5.69 Å². The van der Waals surface area contributed by atoms with Gasteiger partial charge >= 0.3 is 0 Å². The highest BCUT2D eigenvalue weighted by atomic mass is 35.5. The highest BCUT2D eigenvalue weighted by Crippen LogP contribution is 2.21. The summed E-state index contributed by atoms with van der Waals surface area (Å²) in [5.41, 5.74) is 3.47. The highest BCUT2D eigenvalue weighted by molar-refractivity contribution is 6.28. The van der Waals surface area contributed by atoms with E-state index in [1.54, 1.807) is 0 Å². The number of hydrogen-bond acceptors (Lipinski definition) is 2. The second kappa shape index (κ2) is 3.66. The van der Waals surface area contributed by atoms with Crippen molar-refractivity contribution in [1.82, 2.24) is 14.8 Å². The molecular weight excluding hydrogens is 210 g/mol. The van der Waals surface area contributed by atoms with Gasteiger partial charge in [0.2, 0.25) is 5.28 Å². The van der Waals surface area contributed by atoms with Gasteiger partial charge in [-0.15, -0.1) is 10.2 Å². The molecule has 78 valence electrons. The summed E-state index contributed by atoms with van der Waals surface area (Å²) < 4.78 is 1.85. The van der Waals surface area contributed by atoms with Gasteiger partial charge in [-0.3, -0.25) is 4.57 Å². The van der Waals surface area contributed by atoms with Crippen LogP contribution in [0, 0.1) is 20.8 Å². The van der Waals surface area contributed by atoms with Gasteiger partial charge in [-0.2, -0.15) is 0 Å². The van der Waals surface area contributed by atoms with Crippen LogP contribution in [-0.2, 0) is 0 Å². The van der Waals surface area contributed by atoms with Gasteiger partial charge in [-0.1, -0.05) is 12.1 Å². The maximum atomic E-state index is 5.99. The van der Waals surface area contributed by atoms with Crippen molar-refractivity contribution in [2.75, 3.05) is 0 Å². The third-order valence-electron chi connectivity index (χ3n) is 2.60. The SMILES string of the molecule is Cc1cccc(-n2c(C)nnc2Cl)c1C. The lowest BCUT2D eigenvalue weighted by molar-refractivity contribution is 0.958. The third kappa shape index (κ3) is 1.63. The van der Waals surface area contributed by atoms with Gasteiger partial charge in [0.1, 0.15) is 5.82 Å². The van der Waals surface area contributed by atoms with Gasteiger partial charge < -0.3 is 0 Å². The van der Waals surface area contributed by atoms with E-state index in [0.29, 0.717) is 5.28 Å². The molecule has 1 aromatic heterocycles. The van der Waals surface area contributed by atoms with E-state index in [0.717, 1.165) is 11.5 Å². The topological polar surface area (TPSA) is 30.7 Å². The van der Waals surface area contributed by atoms with E-state index in [4.69, 9.17) is 11.6 Å². The van der Waals surface area contributed by atoms with Crippen LogP contribution in [0.3, 0.4) is 0 Å². The van der Waals surface area contributed by atoms with E-state index >= 15 is 0 Å². The minimum absolute atomic E-state index is 0.404. The van der Waals surface area contributed by atoms with E-state index in [-0.39, 0.29) is 0 Å². The smallest absolute Gasteiger partial charge is 0.229 e. The molecule has 0 amide bonds. The first-order chi connectivity index (χ1) is 7.11. The fourth-order valence-corrected chi connectivity index (χ4v) is 1.84. The van der Waals surface area contributed by atoms with Crippen molar-refractivity contribution in [3.8, 4) is 5.69 Å². The first-order valence-corrected chi connectivity index (χ1v) is 5.13. The summed E-state index contributed by atoms with van der Waals surface area (Å²) in [6.45, 7) is 6.04. The van der Waals surface area contributed by atoms with E-state index in [1.807, 2.05) is 23.6 Å². The Morgan fingerprint density at radius 2 is 1.87 bits per heavy atom. The maximum Gasteiger partial charge on any atom is 0.229 e. The molecule has 2 aromatic rings. The highest BCUT2D eigenvalue weighted by Gasteiger charge is 2.10. The molecule has 0 saturated carbocycles. The average molecular weight is 222 g/mol. The summed E-state index contributed by atoms with van der Waals surface area (Å²) in [4.78, 5) is 0. The van der Waals surface area contributed by atoms with E-state index in [9.17, 15) is 0 Å². The zero-order valence-corrected chi connectivity index (χ0v) is 9.71. The third-order valence-corrected chi connectivity index (χ3v) is 2.85. The summed E-state index contributed by atoms with van der Waals surface area (Å²) in [7, 11) is 0. The quantitative estimate of drug-likeness (QED) is 0.742. The molecule has 0 atom stereocenters. The van der Waals surface area contributed by atoms with E-state index < -0.39 is 0 Å². The predicted molar refractivity (Wildman–Crippen MR) is 60.6 cm³/mol. The molecule has 0 aliphatic carbocycles. The predicted octanol–water partition coefficient (Wildman–Crippen LogP) is 2.85. The number of aromatic nitrogens is 3. The van der Waals surface area contributed by atoms with Crippen LogP contribution >= 0.6 is 11.6 Å². The zero-order chi connectivity index (χ0) is 11.0. The van der Waals surface area contributed by atoms with Crippen LogP contribution in [0.2, 0.25) is 5.28 Å². The number of aryl methyl sites for hydroxylation is 2. The van der Waals surface area contributed by atoms with Crippen molar-refractivity contribution in [2.45, 2.75) is 20.8 Å². The van der Waals surface area contributed by atoms with Gasteiger partial charge in [-0.05, 0) is 49.6 Å². The zero-order valence-electron chi connectivity index (χ0n) is 8.95. The minimum atomic E-state index is 0.404. The lowest BCUT2D eigenvalue weighted by Crippen LogP contribution is -2.00. The molecule has 1 heterocycles. The summed E-state index contributed by atoms with van der Waals surface area (Å²) >= 11 is 5.99. The summed E-state index contributed by atoms with van der Waals surface area (Å²) in [5, 5.41) is 8.19. The van der Waals surface area contributed by atoms with Gasteiger partial charge in [-0.25, -0.2) is 0 Å². The van der Waals surface area contributed by atoms with Crippen molar-refractivity contribution in [3.63, 3.8) is 0 Å². The molecule has 1 aromatic carbocycles. The van der Waals surface area contributed by atoms with Crippen LogP contribution in [0.1, 0.15) is 17.0 Å². The van der Waals surface area contributed by atoms with Crippen molar-refractivity contribution < 1.29 is 0 Å².